The number of rotatable bonds is 4. The van der Waals surface area contributed by atoms with Gasteiger partial charge in [0.1, 0.15) is 5.82 Å². The van der Waals surface area contributed by atoms with Gasteiger partial charge in [-0.1, -0.05) is 0 Å². The zero-order valence-corrected chi connectivity index (χ0v) is 13.9. The third-order valence-electron chi connectivity index (χ3n) is 4.26. The van der Waals surface area contributed by atoms with Gasteiger partial charge in [0.2, 0.25) is 0 Å². The van der Waals surface area contributed by atoms with Gasteiger partial charge in [0.05, 0.1) is 17.8 Å². The molecule has 24 heavy (non-hydrogen) atoms. The van der Waals surface area contributed by atoms with Gasteiger partial charge in [-0.15, -0.1) is 0 Å². The molecule has 5 nitrogen and oxygen atoms in total. The van der Waals surface area contributed by atoms with Gasteiger partial charge in [0.25, 0.3) is 0 Å². The summed E-state index contributed by atoms with van der Waals surface area (Å²) in [7, 11) is 0. The molecule has 1 unspecified atom stereocenters. The van der Waals surface area contributed by atoms with Gasteiger partial charge in [-0.25, -0.2) is 9.78 Å². The van der Waals surface area contributed by atoms with Crippen LogP contribution in [0, 0.1) is 5.92 Å². The van der Waals surface area contributed by atoms with Gasteiger partial charge >= 0.3 is 12.2 Å². The second-order valence-corrected chi connectivity index (χ2v) is 5.83. The fourth-order valence-electron chi connectivity index (χ4n) is 2.83. The third-order valence-corrected chi connectivity index (χ3v) is 4.26. The van der Waals surface area contributed by atoms with Gasteiger partial charge in [-0.05, 0) is 38.8 Å². The summed E-state index contributed by atoms with van der Waals surface area (Å²) in [6.45, 7) is 5.73. The topological polar surface area (TPSA) is 48.5 Å². The number of halogens is 3. The number of nitrogens with one attached hydrogen (secondary N) is 1. The monoisotopic (exact) mass is 344 g/mol. The average molecular weight is 344 g/mol. The Hall–Kier alpha value is -1.99. The predicted octanol–water partition coefficient (Wildman–Crippen LogP) is 3.73. The number of piperidine rings is 1. The number of alkyl halides is 3. The van der Waals surface area contributed by atoms with Crippen molar-refractivity contribution in [2.75, 3.05) is 36.4 Å². The minimum atomic E-state index is -4.26. The Morgan fingerprint density at radius 3 is 2.62 bits per heavy atom. The number of hydrogen-bond acceptors (Lipinski definition) is 3. The van der Waals surface area contributed by atoms with E-state index < -0.39 is 18.1 Å². The largest absolute Gasteiger partial charge is 0.393 e. The first-order valence-electron chi connectivity index (χ1n) is 8.18. The third kappa shape index (κ3) is 4.52. The Morgan fingerprint density at radius 1 is 1.38 bits per heavy atom. The number of pyridine rings is 1. The molecule has 2 rings (SSSR count). The van der Waals surface area contributed by atoms with Crippen LogP contribution in [0.3, 0.4) is 0 Å². The first-order valence-corrected chi connectivity index (χ1v) is 8.18. The Bertz CT molecular complexity index is 543. The summed E-state index contributed by atoms with van der Waals surface area (Å²) in [6, 6.07) is 2.99. The van der Waals surface area contributed by atoms with Crippen LogP contribution >= 0.6 is 0 Å². The number of hydrogen-bond donors (Lipinski definition) is 1. The molecule has 0 saturated carbocycles. The summed E-state index contributed by atoms with van der Waals surface area (Å²) in [5.41, 5.74) is 0.477. The van der Waals surface area contributed by atoms with Gasteiger partial charge < -0.3 is 15.1 Å². The summed E-state index contributed by atoms with van der Waals surface area (Å²) in [6.07, 6.45) is -2.30. The smallest absolute Gasteiger partial charge is 0.357 e. The highest BCUT2D eigenvalue weighted by Crippen LogP contribution is 2.33. The molecule has 134 valence electrons. The van der Waals surface area contributed by atoms with Crippen LogP contribution in [0.15, 0.2) is 18.3 Å². The van der Waals surface area contributed by atoms with Crippen LogP contribution in [-0.2, 0) is 0 Å². The van der Waals surface area contributed by atoms with Crippen molar-refractivity contribution in [1.29, 1.82) is 0 Å². The number of likely N-dealkylation sites (tertiary alicyclic amines) is 1. The molecule has 2 amide bonds. The zero-order chi connectivity index (χ0) is 17.7. The highest BCUT2D eigenvalue weighted by molar-refractivity contribution is 5.89. The molecule has 0 aliphatic carbocycles. The molecule has 0 radical (unpaired) electrons. The molecule has 0 spiro atoms. The molecule has 1 saturated heterocycles. The van der Waals surface area contributed by atoms with Crippen molar-refractivity contribution in [3.63, 3.8) is 0 Å². The second-order valence-electron chi connectivity index (χ2n) is 5.83. The summed E-state index contributed by atoms with van der Waals surface area (Å²) < 4.78 is 38.5. The van der Waals surface area contributed by atoms with Crippen molar-refractivity contribution in [1.82, 2.24) is 9.88 Å². The Morgan fingerprint density at radius 2 is 2.08 bits per heavy atom. The SMILES string of the molecule is CCN(CC)c1ccc(NC(=O)N2CCCC(C(F)(F)F)C2)cn1. The first kappa shape index (κ1) is 18.4. The molecule has 2 heterocycles. The maximum absolute atomic E-state index is 12.8. The molecule has 8 heteroatoms. The number of carbonyl (C=O) groups excluding carboxylic acids is 1. The standard InChI is InChI=1S/C16H23F3N4O/c1-3-22(4-2)14-8-7-13(10-20-14)21-15(24)23-9-5-6-12(11-23)16(17,18)19/h7-8,10,12H,3-6,9,11H2,1-2H3,(H,21,24). The maximum Gasteiger partial charge on any atom is 0.393 e. The summed E-state index contributed by atoms with van der Waals surface area (Å²) in [4.78, 5) is 19.7. The van der Waals surface area contributed by atoms with Gasteiger partial charge in [-0.3, -0.25) is 0 Å². The van der Waals surface area contributed by atoms with Crippen LogP contribution in [0.5, 0.6) is 0 Å². The van der Waals surface area contributed by atoms with Crippen LogP contribution in [0.2, 0.25) is 0 Å². The summed E-state index contributed by atoms with van der Waals surface area (Å²) in [5.74, 6) is -0.645. The van der Waals surface area contributed by atoms with Crippen molar-refractivity contribution in [2.45, 2.75) is 32.9 Å². The van der Waals surface area contributed by atoms with Gasteiger partial charge in [-0.2, -0.15) is 13.2 Å². The fraction of sp³-hybridized carbons (Fsp3) is 0.625. The molecule has 1 aromatic rings. The Labute approximate surface area is 139 Å². The summed E-state index contributed by atoms with van der Waals surface area (Å²) >= 11 is 0. The Balaban J connectivity index is 1.96. The highest BCUT2D eigenvalue weighted by Gasteiger charge is 2.42. The lowest BCUT2D eigenvalue weighted by molar-refractivity contribution is -0.183. The molecule has 1 aromatic heterocycles. The van der Waals surface area contributed by atoms with E-state index in [9.17, 15) is 18.0 Å². The number of aromatic nitrogens is 1. The van der Waals surface area contributed by atoms with E-state index in [1.807, 2.05) is 13.8 Å². The summed E-state index contributed by atoms with van der Waals surface area (Å²) in [5, 5.41) is 2.62. The lowest BCUT2D eigenvalue weighted by Gasteiger charge is -2.33. The molecular weight excluding hydrogens is 321 g/mol. The van der Waals surface area contributed by atoms with E-state index in [1.54, 1.807) is 12.1 Å². The lowest BCUT2D eigenvalue weighted by atomic mass is 9.98. The first-order chi connectivity index (χ1) is 11.3. The molecule has 1 aliphatic heterocycles. The van der Waals surface area contributed by atoms with E-state index in [4.69, 9.17) is 0 Å². The van der Waals surface area contributed by atoms with Gasteiger partial charge in [0, 0.05) is 26.2 Å². The van der Waals surface area contributed by atoms with Crippen molar-refractivity contribution in [2.24, 2.45) is 5.92 Å². The fourth-order valence-corrected chi connectivity index (χ4v) is 2.83. The van der Waals surface area contributed by atoms with E-state index in [1.165, 1.54) is 11.1 Å². The molecule has 1 N–H and O–H groups in total. The number of urea groups is 1. The van der Waals surface area contributed by atoms with Crippen LogP contribution in [0.25, 0.3) is 0 Å². The van der Waals surface area contributed by atoms with Gasteiger partial charge in [0.15, 0.2) is 0 Å². The number of nitrogens with zero attached hydrogens (tertiary/aromatic N) is 3. The minimum Gasteiger partial charge on any atom is -0.357 e. The van der Waals surface area contributed by atoms with Crippen molar-refractivity contribution < 1.29 is 18.0 Å². The predicted molar refractivity (Wildman–Crippen MR) is 87.2 cm³/mol. The van der Waals surface area contributed by atoms with E-state index >= 15 is 0 Å². The molecule has 1 aliphatic rings. The van der Waals surface area contributed by atoms with Crippen molar-refractivity contribution in [3.05, 3.63) is 18.3 Å². The highest BCUT2D eigenvalue weighted by atomic mass is 19.4. The quantitative estimate of drug-likeness (QED) is 0.905. The van der Waals surface area contributed by atoms with Crippen molar-refractivity contribution in [3.8, 4) is 0 Å². The Kier molecular flexibility index (Phi) is 5.90. The average Bonchev–Trinajstić information content (AvgIpc) is 2.57. The number of anilines is 2. The molecule has 1 fully saturated rings. The van der Waals surface area contributed by atoms with Crippen LogP contribution in [0.4, 0.5) is 29.5 Å². The van der Waals surface area contributed by atoms with E-state index in [0.29, 0.717) is 18.7 Å². The van der Waals surface area contributed by atoms with Crippen LogP contribution < -0.4 is 10.2 Å². The lowest BCUT2D eigenvalue weighted by Crippen LogP contribution is -2.46. The van der Waals surface area contributed by atoms with E-state index in [-0.39, 0.29) is 13.0 Å². The minimum absolute atomic E-state index is 0.0768. The molecule has 0 aromatic carbocycles. The normalized spacial score (nSPS) is 18.4. The number of amides is 2. The molecule has 0 bridgehead atoms. The van der Waals surface area contributed by atoms with E-state index in [0.717, 1.165) is 18.9 Å². The van der Waals surface area contributed by atoms with Crippen LogP contribution in [-0.4, -0.2) is 48.3 Å². The van der Waals surface area contributed by atoms with E-state index in [2.05, 4.69) is 15.2 Å². The molecular formula is C16H23F3N4O. The number of carbonyl (C=O) groups is 1. The van der Waals surface area contributed by atoms with Crippen LogP contribution in [0.1, 0.15) is 26.7 Å². The zero-order valence-electron chi connectivity index (χ0n) is 13.9. The molecule has 1 atom stereocenters. The maximum atomic E-state index is 12.8. The second kappa shape index (κ2) is 7.72. The van der Waals surface area contributed by atoms with Crippen molar-refractivity contribution >= 4 is 17.5 Å².